The molecule has 0 atom stereocenters. The van der Waals surface area contributed by atoms with Crippen molar-refractivity contribution in [3.8, 4) is 0 Å². The SMILES string of the molecule is CCC[CH2][Sn]([CH2]CCC)([CH2]CCC)[c]1ccc(C(=O)NCCN)c(Cl)c1. The van der Waals surface area contributed by atoms with Crippen LogP contribution in [0.25, 0.3) is 0 Å². The molecule has 0 fully saturated rings. The molecular formula is C21H37ClN2OSn. The number of unbranched alkanes of at least 4 members (excludes halogenated alkanes) is 3. The second-order valence-electron chi connectivity index (χ2n) is 7.33. The predicted molar refractivity (Wildman–Crippen MR) is 117 cm³/mol. The summed E-state index contributed by atoms with van der Waals surface area (Å²) in [6.45, 7) is 7.77. The summed E-state index contributed by atoms with van der Waals surface area (Å²) in [6.07, 6.45) is 7.72. The van der Waals surface area contributed by atoms with Gasteiger partial charge in [-0.05, 0) is 0 Å². The van der Waals surface area contributed by atoms with Gasteiger partial charge in [-0.25, -0.2) is 0 Å². The molecule has 1 amide bonds. The average molecular weight is 488 g/mol. The quantitative estimate of drug-likeness (QED) is 0.381. The van der Waals surface area contributed by atoms with Crippen molar-refractivity contribution < 1.29 is 4.79 Å². The van der Waals surface area contributed by atoms with E-state index in [-0.39, 0.29) is 5.91 Å². The van der Waals surface area contributed by atoms with Gasteiger partial charge < -0.3 is 0 Å². The summed E-state index contributed by atoms with van der Waals surface area (Å²) in [5, 5.41) is 3.42. The molecule has 0 heterocycles. The van der Waals surface area contributed by atoms with Gasteiger partial charge in [0.05, 0.1) is 0 Å². The van der Waals surface area contributed by atoms with Crippen LogP contribution in [-0.4, -0.2) is 37.4 Å². The standard InChI is InChI=1S/C9H10ClN2O.3C4H9.Sn/c10-8-4-2-1-3-7(8)9(13)12-6-5-11;3*1-3-4-2;/h1,3-4H,5-6,11H2,(H,12,13);3*1,3-4H2,2H3;. The minimum atomic E-state index is -2.49. The predicted octanol–water partition coefficient (Wildman–Crippen LogP) is 5.08. The van der Waals surface area contributed by atoms with Crippen molar-refractivity contribution >= 4 is 39.5 Å². The second-order valence-corrected chi connectivity index (χ2v) is 21.0. The van der Waals surface area contributed by atoms with Gasteiger partial charge in [0.25, 0.3) is 0 Å². The minimum absolute atomic E-state index is 0.122. The number of benzene rings is 1. The molecule has 3 N–H and O–H groups in total. The number of hydrogen-bond acceptors (Lipinski definition) is 2. The van der Waals surface area contributed by atoms with Gasteiger partial charge in [0.2, 0.25) is 0 Å². The molecule has 0 aliphatic heterocycles. The number of amides is 1. The zero-order valence-corrected chi connectivity index (χ0v) is 20.5. The maximum atomic E-state index is 12.3. The van der Waals surface area contributed by atoms with Gasteiger partial charge in [0, 0.05) is 0 Å². The Morgan fingerprint density at radius 1 is 1.04 bits per heavy atom. The second kappa shape index (κ2) is 13.0. The molecular weight excluding hydrogens is 450 g/mol. The zero-order chi connectivity index (χ0) is 19.4. The summed E-state index contributed by atoms with van der Waals surface area (Å²) in [5.74, 6) is -0.122. The molecule has 148 valence electrons. The Morgan fingerprint density at radius 2 is 1.58 bits per heavy atom. The summed E-state index contributed by atoms with van der Waals surface area (Å²) in [7, 11) is 0. The molecule has 0 bridgehead atoms. The van der Waals surface area contributed by atoms with Crippen LogP contribution in [-0.2, 0) is 0 Å². The molecule has 0 radical (unpaired) electrons. The van der Waals surface area contributed by atoms with E-state index in [0.29, 0.717) is 23.7 Å². The Balaban J connectivity index is 3.17. The van der Waals surface area contributed by atoms with Crippen molar-refractivity contribution in [2.45, 2.75) is 72.6 Å². The molecule has 0 saturated heterocycles. The van der Waals surface area contributed by atoms with Crippen molar-refractivity contribution in [3.63, 3.8) is 0 Å². The van der Waals surface area contributed by atoms with Crippen LogP contribution in [0.2, 0.25) is 18.3 Å². The van der Waals surface area contributed by atoms with Crippen LogP contribution in [0.5, 0.6) is 0 Å². The molecule has 1 aromatic rings. The molecule has 5 heteroatoms. The van der Waals surface area contributed by atoms with E-state index >= 15 is 0 Å². The van der Waals surface area contributed by atoms with E-state index in [1.165, 1.54) is 55.4 Å². The normalized spacial score (nSPS) is 11.6. The van der Waals surface area contributed by atoms with Gasteiger partial charge >= 0.3 is 170 Å². The van der Waals surface area contributed by atoms with E-state index in [2.05, 4.69) is 38.2 Å². The van der Waals surface area contributed by atoms with Crippen LogP contribution in [0.1, 0.15) is 69.7 Å². The first-order valence-corrected chi connectivity index (χ1v) is 18.2. The fourth-order valence-corrected chi connectivity index (χ4v) is 20.2. The average Bonchev–Trinajstić information content (AvgIpc) is 2.65. The third-order valence-electron chi connectivity index (χ3n) is 5.28. The maximum absolute atomic E-state index is 12.3. The van der Waals surface area contributed by atoms with Gasteiger partial charge in [-0.3, -0.25) is 0 Å². The van der Waals surface area contributed by atoms with Gasteiger partial charge in [0.1, 0.15) is 0 Å². The fraction of sp³-hybridized carbons (Fsp3) is 0.667. The first kappa shape index (κ1) is 23.8. The summed E-state index contributed by atoms with van der Waals surface area (Å²) in [4.78, 5) is 12.3. The molecule has 1 rings (SSSR count). The Bertz CT molecular complexity index is 529. The van der Waals surface area contributed by atoms with E-state index in [4.69, 9.17) is 17.3 Å². The van der Waals surface area contributed by atoms with Gasteiger partial charge in [-0.2, -0.15) is 0 Å². The molecule has 0 unspecified atom stereocenters. The fourth-order valence-electron chi connectivity index (χ4n) is 3.66. The monoisotopic (exact) mass is 488 g/mol. The Labute approximate surface area is 169 Å². The Kier molecular flexibility index (Phi) is 11.9. The third-order valence-corrected chi connectivity index (χ3v) is 21.2. The van der Waals surface area contributed by atoms with E-state index in [0.717, 1.165) is 0 Å². The van der Waals surface area contributed by atoms with Gasteiger partial charge in [0.15, 0.2) is 0 Å². The van der Waals surface area contributed by atoms with Crippen molar-refractivity contribution in [2.24, 2.45) is 5.73 Å². The molecule has 0 aliphatic rings. The van der Waals surface area contributed by atoms with Crippen LogP contribution in [0, 0.1) is 0 Å². The number of carbonyl (C=O) groups is 1. The van der Waals surface area contributed by atoms with Crippen molar-refractivity contribution in [1.82, 2.24) is 5.32 Å². The van der Waals surface area contributed by atoms with Crippen LogP contribution < -0.4 is 14.6 Å². The summed E-state index contributed by atoms with van der Waals surface area (Å²) >= 11 is 4.06. The topological polar surface area (TPSA) is 55.1 Å². The van der Waals surface area contributed by atoms with E-state index in [9.17, 15) is 4.79 Å². The number of hydrogen-bond donors (Lipinski definition) is 2. The van der Waals surface area contributed by atoms with Crippen molar-refractivity contribution in [1.29, 1.82) is 0 Å². The number of carbonyl (C=O) groups excluding carboxylic acids is 1. The zero-order valence-electron chi connectivity index (χ0n) is 16.9. The van der Waals surface area contributed by atoms with Crippen molar-refractivity contribution in [2.75, 3.05) is 13.1 Å². The summed E-state index contributed by atoms with van der Waals surface area (Å²) < 4.78 is 5.72. The number of nitrogens with one attached hydrogen (secondary N) is 1. The van der Waals surface area contributed by atoms with E-state index in [1.54, 1.807) is 0 Å². The Morgan fingerprint density at radius 3 is 2.00 bits per heavy atom. The molecule has 0 aromatic heterocycles. The van der Waals surface area contributed by atoms with Crippen LogP contribution in [0.15, 0.2) is 18.2 Å². The van der Waals surface area contributed by atoms with Gasteiger partial charge in [-0.1, -0.05) is 0 Å². The first-order valence-electron chi connectivity index (χ1n) is 10.3. The first-order chi connectivity index (χ1) is 12.5. The third kappa shape index (κ3) is 7.05. The van der Waals surface area contributed by atoms with E-state index in [1.807, 2.05) is 6.07 Å². The molecule has 26 heavy (non-hydrogen) atoms. The van der Waals surface area contributed by atoms with Gasteiger partial charge in [-0.15, -0.1) is 0 Å². The van der Waals surface area contributed by atoms with E-state index < -0.39 is 18.4 Å². The number of nitrogens with two attached hydrogens (primary N) is 1. The molecule has 0 spiro atoms. The molecule has 0 saturated carbocycles. The number of halogens is 1. The Hall–Kier alpha value is -0.261. The van der Waals surface area contributed by atoms with Crippen LogP contribution in [0.3, 0.4) is 0 Å². The molecule has 3 nitrogen and oxygen atoms in total. The van der Waals surface area contributed by atoms with Crippen molar-refractivity contribution in [3.05, 3.63) is 28.8 Å². The summed E-state index contributed by atoms with van der Waals surface area (Å²) in [5.41, 5.74) is 6.05. The van der Waals surface area contributed by atoms with Crippen LogP contribution >= 0.6 is 11.6 Å². The van der Waals surface area contributed by atoms with Crippen LogP contribution in [0.4, 0.5) is 0 Å². The molecule has 1 aromatic carbocycles. The number of rotatable bonds is 13. The summed E-state index contributed by atoms with van der Waals surface area (Å²) in [6, 6.07) is 6.30. The molecule has 0 aliphatic carbocycles.